The maximum absolute atomic E-state index is 12.4. The van der Waals surface area contributed by atoms with E-state index in [9.17, 15) is 14.7 Å². The molecule has 248 valence electrons. The zero-order valence-corrected chi connectivity index (χ0v) is 28.4. The van der Waals surface area contributed by atoms with Crippen molar-refractivity contribution in [3.63, 3.8) is 0 Å². The lowest BCUT2D eigenvalue weighted by molar-refractivity contribution is -0.0334. The highest BCUT2D eigenvalue weighted by molar-refractivity contribution is 7.99. The smallest absolute Gasteiger partial charge is 0.382 e. The van der Waals surface area contributed by atoms with Crippen molar-refractivity contribution in [1.82, 2.24) is 14.6 Å². The third-order valence-corrected chi connectivity index (χ3v) is 10.4. The quantitative estimate of drug-likeness (QED) is 0.0793. The van der Waals surface area contributed by atoms with E-state index in [4.69, 9.17) is 19.5 Å². The molecule has 1 fully saturated rings. The monoisotopic (exact) mass is 651 g/mol. The Morgan fingerprint density at radius 1 is 1.02 bits per heavy atom. The van der Waals surface area contributed by atoms with Gasteiger partial charge in [0.1, 0.15) is 17.9 Å². The predicted molar refractivity (Wildman–Crippen MR) is 177 cm³/mol. The second-order valence-corrected chi connectivity index (χ2v) is 14.6. The van der Waals surface area contributed by atoms with Crippen LogP contribution in [0.2, 0.25) is 0 Å². The Morgan fingerprint density at radius 2 is 1.64 bits per heavy atom. The molecule has 0 spiro atoms. The first-order valence-electron chi connectivity index (χ1n) is 16.8. The maximum Gasteiger partial charge on any atom is 0.472 e. The molecule has 0 amide bonds. The molecule has 0 aliphatic carbocycles. The molecule has 1 aliphatic rings. The summed E-state index contributed by atoms with van der Waals surface area (Å²) >= 11 is 1.86. The largest absolute Gasteiger partial charge is 0.472 e. The molecule has 1 aliphatic heterocycles. The molecule has 2 aromatic heterocycles. The zero-order chi connectivity index (χ0) is 31.5. The van der Waals surface area contributed by atoms with Crippen LogP contribution in [0.1, 0.15) is 128 Å². The number of nitrogens with zero attached hydrogens (tertiary/aromatic N) is 4. The second kappa shape index (κ2) is 20.5. The van der Waals surface area contributed by atoms with Crippen LogP contribution in [0.15, 0.2) is 18.5 Å². The minimum absolute atomic E-state index is 0.147. The summed E-state index contributed by atoms with van der Waals surface area (Å²) in [6, 6.07) is 5.73. The third kappa shape index (κ3) is 12.6. The van der Waals surface area contributed by atoms with Gasteiger partial charge in [-0.15, -0.1) is 0 Å². The van der Waals surface area contributed by atoms with Crippen LogP contribution in [0.25, 0.3) is 5.52 Å². The molecule has 3 atom stereocenters. The standard InChI is InChI=1S/C32H54N5O5PS/c1-2-3-4-5-6-7-8-9-10-11-12-13-14-15-16-23-44-24-17-22-40-43(38,39)41-25-28-20-21-32(26-33,42-28)30-19-18-29-31(34)35-27-36-37(29)30/h18-19,27-28H,2-17,20-25H2,1H3,(H,38,39)(H2,34,35,36). The van der Waals surface area contributed by atoms with Gasteiger partial charge in [-0.2, -0.15) is 22.1 Å². The highest BCUT2D eigenvalue weighted by atomic mass is 32.2. The van der Waals surface area contributed by atoms with Gasteiger partial charge < -0.3 is 15.4 Å². The fourth-order valence-electron chi connectivity index (χ4n) is 5.70. The summed E-state index contributed by atoms with van der Waals surface area (Å²) in [5, 5.41) is 14.2. The Labute approximate surface area is 268 Å². The SMILES string of the molecule is CCCCCCCCCCCCCCCCCSCCCOP(=O)(O)OCC1CCC(C#N)(c2ccc3c(N)ncnn23)O1. The molecule has 10 nitrogen and oxygen atoms in total. The summed E-state index contributed by atoms with van der Waals surface area (Å²) in [6.07, 6.45) is 22.9. The number of phosphoric acid groups is 1. The average Bonchev–Trinajstić information content (AvgIpc) is 3.65. The van der Waals surface area contributed by atoms with Crippen LogP contribution >= 0.6 is 19.6 Å². The molecule has 3 unspecified atom stereocenters. The number of hydrogen-bond donors (Lipinski definition) is 2. The molecule has 3 N–H and O–H groups in total. The van der Waals surface area contributed by atoms with Crippen molar-refractivity contribution in [2.45, 2.75) is 134 Å². The van der Waals surface area contributed by atoms with Crippen LogP contribution in [-0.2, 0) is 24.0 Å². The van der Waals surface area contributed by atoms with Crippen LogP contribution in [0, 0.1) is 11.3 Å². The Balaban J connectivity index is 1.15. The van der Waals surface area contributed by atoms with E-state index in [1.165, 1.54) is 103 Å². The van der Waals surface area contributed by atoms with Crippen LogP contribution in [0.4, 0.5) is 5.82 Å². The molecule has 12 heteroatoms. The number of fused-ring (bicyclic) bond motifs is 1. The highest BCUT2D eigenvalue weighted by Crippen LogP contribution is 2.46. The van der Waals surface area contributed by atoms with E-state index in [2.05, 4.69) is 23.1 Å². The predicted octanol–water partition coefficient (Wildman–Crippen LogP) is 8.34. The fraction of sp³-hybridized carbons (Fsp3) is 0.781. The summed E-state index contributed by atoms with van der Waals surface area (Å²) in [5.74, 6) is 2.30. The third-order valence-electron chi connectivity index (χ3n) is 8.27. The van der Waals surface area contributed by atoms with Gasteiger partial charge in [-0.25, -0.2) is 14.1 Å². The summed E-state index contributed by atoms with van der Waals surface area (Å²) in [4.78, 5) is 14.1. The molecule has 0 saturated carbocycles. The normalized spacial score (nSPS) is 19.8. The number of thioether (sulfide) groups is 1. The number of nitrogen functional groups attached to an aromatic ring is 1. The van der Waals surface area contributed by atoms with Crippen molar-refractivity contribution < 1.29 is 23.2 Å². The Bertz CT molecular complexity index is 1180. The van der Waals surface area contributed by atoms with Crippen LogP contribution < -0.4 is 5.73 Å². The van der Waals surface area contributed by atoms with Gasteiger partial charge in [-0.05, 0) is 49.3 Å². The van der Waals surface area contributed by atoms with Crippen molar-refractivity contribution in [3.05, 3.63) is 24.2 Å². The van der Waals surface area contributed by atoms with Crippen molar-refractivity contribution in [1.29, 1.82) is 5.26 Å². The number of nitrogens with two attached hydrogens (primary N) is 1. The van der Waals surface area contributed by atoms with Gasteiger partial charge in [-0.1, -0.05) is 96.8 Å². The lowest BCUT2D eigenvalue weighted by atomic mass is 9.98. The van der Waals surface area contributed by atoms with Gasteiger partial charge >= 0.3 is 7.82 Å². The average molecular weight is 652 g/mol. The summed E-state index contributed by atoms with van der Waals surface area (Å²) in [7, 11) is -4.21. The number of rotatable bonds is 25. The summed E-state index contributed by atoms with van der Waals surface area (Å²) in [5.41, 5.74) is 5.78. The molecule has 3 heterocycles. The number of nitriles is 1. The lowest BCUT2D eigenvalue weighted by Crippen LogP contribution is -2.28. The van der Waals surface area contributed by atoms with Gasteiger partial charge in [0.15, 0.2) is 11.4 Å². The van der Waals surface area contributed by atoms with E-state index in [1.54, 1.807) is 16.6 Å². The molecule has 44 heavy (non-hydrogen) atoms. The van der Waals surface area contributed by atoms with Crippen molar-refractivity contribution in [2.75, 3.05) is 30.5 Å². The van der Waals surface area contributed by atoms with E-state index >= 15 is 0 Å². The molecule has 0 bridgehead atoms. The second-order valence-electron chi connectivity index (χ2n) is 11.9. The van der Waals surface area contributed by atoms with Gasteiger partial charge in [0.05, 0.1) is 25.0 Å². The molecule has 3 rings (SSSR count). The molecular weight excluding hydrogens is 597 g/mol. The van der Waals surface area contributed by atoms with E-state index in [1.807, 2.05) is 11.8 Å². The number of hydrogen-bond acceptors (Lipinski definition) is 9. The van der Waals surface area contributed by atoms with Crippen molar-refractivity contribution in [2.24, 2.45) is 0 Å². The van der Waals surface area contributed by atoms with Crippen LogP contribution in [0.5, 0.6) is 0 Å². The minimum Gasteiger partial charge on any atom is -0.382 e. The summed E-state index contributed by atoms with van der Waals surface area (Å²) < 4.78 is 30.3. The number of aromatic nitrogens is 3. The van der Waals surface area contributed by atoms with E-state index < -0.39 is 19.5 Å². The summed E-state index contributed by atoms with van der Waals surface area (Å²) in [6.45, 7) is 2.28. The molecular formula is C32H54N5O5PS. The highest BCUT2D eigenvalue weighted by Gasteiger charge is 2.45. The first kappa shape index (κ1) is 36.8. The molecule has 2 aromatic rings. The maximum atomic E-state index is 12.4. The van der Waals surface area contributed by atoms with Crippen molar-refractivity contribution in [3.8, 4) is 6.07 Å². The Morgan fingerprint density at radius 3 is 2.27 bits per heavy atom. The first-order chi connectivity index (χ1) is 21.4. The molecule has 0 aromatic carbocycles. The topological polar surface area (TPSA) is 145 Å². The number of unbranched alkanes of at least 4 members (excludes halogenated alkanes) is 14. The lowest BCUT2D eigenvalue weighted by Gasteiger charge is -2.22. The number of phosphoric ester groups is 1. The number of ether oxygens (including phenoxy) is 1. The molecule has 1 saturated heterocycles. The Hall–Kier alpha value is -1.67. The van der Waals surface area contributed by atoms with Gasteiger partial charge in [0.2, 0.25) is 0 Å². The van der Waals surface area contributed by atoms with Gasteiger partial charge in [0, 0.05) is 0 Å². The fourth-order valence-corrected chi connectivity index (χ4v) is 7.43. The molecule has 0 radical (unpaired) electrons. The van der Waals surface area contributed by atoms with Gasteiger partial charge in [0.25, 0.3) is 0 Å². The minimum atomic E-state index is -4.21. The van der Waals surface area contributed by atoms with Crippen LogP contribution in [0.3, 0.4) is 0 Å². The van der Waals surface area contributed by atoms with Crippen LogP contribution in [-0.4, -0.2) is 50.3 Å². The first-order valence-corrected chi connectivity index (χ1v) is 19.4. The van der Waals surface area contributed by atoms with E-state index in [0.717, 1.165) is 11.5 Å². The Kier molecular flexibility index (Phi) is 17.1. The van der Waals surface area contributed by atoms with Gasteiger partial charge in [-0.3, -0.25) is 9.05 Å². The van der Waals surface area contributed by atoms with E-state index in [0.29, 0.717) is 36.3 Å². The van der Waals surface area contributed by atoms with E-state index in [-0.39, 0.29) is 13.2 Å². The zero-order valence-electron chi connectivity index (χ0n) is 26.7. The van der Waals surface area contributed by atoms with Crippen molar-refractivity contribution >= 4 is 30.9 Å². The number of anilines is 1.